The van der Waals surface area contributed by atoms with Crippen molar-refractivity contribution in [2.45, 2.75) is 19.0 Å². The largest absolute Gasteiger partial charge is 0.377 e. The molecule has 2 rings (SSSR count). The molecule has 1 aliphatic rings. The van der Waals surface area contributed by atoms with Crippen molar-refractivity contribution in [1.82, 2.24) is 9.88 Å². The SMILES string of the molecule is CN(C)c1cc(NC(=O)N2CCC(C)(F)C2)ncc1Br. The van der Waals surface area contributed by atoms with Crippen LogP contribution >= 0.6 is 15.9 Å². The van der Waals surface area contributed by atoms with Crippen molar-refractivity contribution in [3.8, 4) is 0 Å². The lowest BCUT2D eigenvalue weighted by Crippen LogP contribution is -2.35. The molecule has 1 fully saturated rings. The molecule has 110 valence electrons. The van der Waals surface area contributed by atoms with Gasteiger partial charge in [0.1, 0.15) is 11.5 Å². The van der Waals surface area contributed by atoms with E-state index < -0.39 is 5.67 Å². The number of pyridine rings is 1. The number of rotatable bonds is 2. The number of hydrogen-bond acceptors (Lipinski definition) is 3. The number of amides is 2. The van der Waals surface area contributed by atoms with Gasteiger partial charge in [0.25, 0.3) is 0 Å². The third-order valence-corrected chi connectivity index (χ3v) is 3.87. The minimum Gasteiger partial charge on any atom is -0.377 e. The summed E-state index contributed by atoms with van der Waals surface area (Å²) < 4.78 is 14.6. The Morgan fingerprint density at radius 2 is 2.30 bits per heavy atom. The molecule has 0 spiro atoms. The van der Waals surface area contributed by atoms with E-state index in [0.29, 0.717) is 18.8 Å². The van der Waals surface area contributed by atoms with E-state index in [2.05, 4.69) is 26.2 Å². The van der Waals surface area contributed by atoms with Gasteiger partial charge in [0, 0.05) is 39.3 Å². The molecule has 0 aromatic carbocycles. The highest BCUT2D eigenvalue weighted by molar-refractivity contribution is 9.10. The molecule has 1 aliphatic heterocycles. The van der Waals surface area contributed by atoms with Gasteiger partial charge in [-0.1, -0.05) is 0 Å². The van der Waals surface area contributed by atoms with Crippen molar-refractivity contribution in [3.63, 3.8) is 0 Å². The van der Waals surface area contributed by atoms with Gasteiger partial charge in [-0.2, -0.15) is 0 Å². The highest BCUT2D eigenvalue weighted by Crippen LogP contribution is 2.27. The second-order valence-electron chi connectivity index (χ2n) is 5.43. The van der Waals surface area contributed by atoms with Crippen molar-refractivity contribution in [3.05, 3.63) is 16.7 Å². The molecule has 2 heterocycles. The number of likely N-dealkylation sites (tertiary alicyclic amines) is 1. The Balaban J connectivity index is 2.07. The molecule has 0 radical (unpaired) electrons. The Morgan fingerprint density at radius 1 is 1.60 bits per heavy atom. The molecule has 5 nitrogen and oxygen atoms in total. The Kier molecular flexibility index (Phi) is 4.17. The van der Waals surface area contributed by atoms with Crippen LogP contribution in [-0.2, 0) is 0 Å². The zero-order valence-electron chi connectivity index (χ0n) is 11.8. The van der Waals surface area contributed by atoms with E-state index in [1.807, 2.05) is 19.0 Å². The van der Waals surface area contributed by atoms with E-state index in [0.717, 1.165) is 10.2 Å². The number of alkyl halides is 1. The van der Waals surface area contributed by atoms with Gasteiger partial charge in [-0.25, -0.2) is 14.2 Å². The first kappa shape index (κ1) is 15.0. The Morgan fingerprint density at radius 3 is 2.85 bits per heavy atom. The van der Waals surface area contributed by atoms with Crippen LogP contribution in [0, 0.1) is 0 Å². The average molecular weight is 345 g/mol. The predicted octanol–water partition coefficient (Wildman–Crippen LogP) is 2.88. The van der Waals surface area contributed by atoms with Crippen molar-refractivity contribution in [2.24, 2.45) is 0 Å². The van der Waals surface area contributed by atoms with Crippen LogP contribution in [-0.4, -0.2) is 48.8 Å². The fraction of sp³-hybridized carbons (Fsp3) is 0.538. The Hall–Kier alpha value is -1.37. The number of halogens is 2. The van der Waals surface area contributed by atoms with Gasteiger partial charge in [0.15, 0.2) is 0 Å². The van der Waals surface area contributed by atoms with Gasteiger partial charge < -0.3 is 9.80 Å². The lowest BCUT2D eigenvalue weighted by atomic mass is 10.1. The fourth-order valence-corrected chi connectivity index (χ4v) is 2.70. The quantitative estimate of drug-likeness (QED) is 0.897. The van der Waals surface area contributed by atoms with E-state index in [-0.39, 0.29) is 12.6 Å². The molecular formula is C13H18BrFN4O. The first-order chi connectivity index (χ1) is 9.28. The maximum absolute atomic E-state index is 13.7. The molecule has 1 saturated heterocycles. The van der Waals surface area contributed by atoms with E-state index in [9.17, 15) is 9.18 Å². The number of anilines is 2. The van der Waals surface area contributed by atoms with Crippen LogP contribution in [0.4, 0.5) is 20.7 Å². The van der Waals surface area contributed by atoms with Crippen LogP contribution in [0.15, 0.2) is 16.7 Å². The molecule has 1 aromatic heterocycles. The van der Waals surface area contributed by atoms with Crippen molar-refractivity contribution < 1.29 is 9.18 Å². The van der Waals surface area contributed by atoms with E-state index in [1.165, 1.54) is 11.8 Å². The summed E-state index contributed by atoms with van der Waals surface area (Å²) in [5.41, 5.74) is -0.383. The van der Waals surface area contributed by atoms with Gasteiger partial charge in [-0.15, -0.1) is 0 Å². The molecule has 1 unspecified atom stereocenters. The number of nitrogens with one attached hydrogen (secondary N) is 1. The van der Waals surface area contributed by atoms with Gasteiger partial charge >= 0.3 is 6.03 Å². The van der Waals surface area contributed by atoms with E-state index in [4.69, 9.17) is 0 Å². The van der Waals surface area contributed by atoms with Crippen LogP contribution in [0.2, 0.25) is 0 Å². The Labute approximate surface area is 126 Å². The number of nitrogens with zero attached hydrogens (tertiary/aromatic N) is 3. The van der Waals surface area contributed by atoms with Crippen molar-refractivity contribution >= 4 is 33.5 Å². The van der Waals surface area contributed by atoms with Gasteiger partial charge in [-0.05, 0) is 22.9 Å². The summed E-state index contributed by atoms with van der Waals surface area (Å²) in [7, 11) is 3.81. The monoisotopic (exact) mass is 344 g/mol. The lowest BCUT2D eigenvalue weighted by molar-refractivity contribution is 0.186. The minimum absolute atomic E-state index is 0.121. The molecule has 0 bridgehead atoms. The molecule has 0 aliphatic carbocycles. The zero-order chi connectivity index (χ0) is 14.9. The number of urea groups is 1. The summed E-state index contributed by atoms with van der Waals surface area (Å²) in [6.07, 6.45) is 2.01. The number of carbonyl (C=O) groups is 1. The van der Waals surface area contributed by atoms with Crippen LogP contribution in [0.25, 0.3) is 0 Å². The molecule has 7 heteroatoms. The van der Waals surface area contributed by atoms with Crippen LogP contribution < -0.4 is 10.2 Å². The van der Waals surface area contributed by atoms with Gasteiger partial charge in [0.05, 0.1) is 16.7 Å². The number of aromatic nitrogens is 1. The first-order valence-corrected chi connectivity index (χ1v) is 7.15. The molecular weight excluding hydrogens is 327 g/mol. The van der Waals surface area contributed by atoms with Crippen LogP contribution in [0.5, 0.6) is 0 Å². The van der Waals surface area contributed by atoms with Crippen LogP contribution in [0.1, 0.15) is 13.3 Å². The second kappa shape index (κ2) is 5.55. The third kappa shape index (κ3) is 3.39. The molecule has 1 atom stereocenters. The topological polar surface area (TPSA) is 48.5 Å². The van der Waals surface area contributed by atoms with Gasteiger partial charge in [-0.3, -0.25) is 5.32 Å². The minimum atomic E-state index is -1.29. The maximum atomic E-state index is 13.7. The normalized spacial score (nSPS) is 21.9. The van der Waals surface area contributed by atoms with E-state index in [1.54, 1.807) is 12.3 Å². The summed E-state index contributed by atoms with van der Waals surface area (Å²) in [4.78, 5) is 19.6. The standard InChI is InChI=1S/C13H18BrFN4O/c1-13(15)4-5-19(8-13)12(20)17-11-6-10(18(2)3)9(14)7-16-11/h6-7H,4-5,8H2,1-3H3,(H,16,17,20). The summed E-state index contributed by atoms with van der Waals surface area (Å²) in [5, 5.41) is 2.71. The van der Waals surface area contributed by atoms with Gasteiger partial charge in [0.2, 0.25) is 0 Å². The summed E-state index contributed by atoms with van der Waals surface area (Å²) >= 11 is 3.40. The lowest BCUT2D eigenvalue weighted by Gasteiger charge is -2.19. The first-order valence-electron chi connectivity index (χ1n) is 6.36. The highest BCUT2D eigenvalue weighted by Gasteiger charge is 2.36. The summed E-state index contributed by atoms with van der Waals surface area (Å²) in [6, 6.07) is 1.46. The summed E-state index contributed by atoms with van der Waals surface area (Å²) in [5.74, 6) is 0.453. The Bertz CT molecular complexity index is 521. The van der Waals surface area contributed by atoms with Crippen molar-refractivity contribution in [1.29, 1.82) is 0 Å². The molecule has 0 saturated carbocycles. The predicted molar refractivity (Wildman–Crippen MR) is 81.0 cm³/mol. The summed E-state index contributed by atoms with van der Waals surface area (Å²) in [6.45, 7) is 2.06. The highest BCUT2D eigenvalue weighted by atomic mass is 79.9. The van der Waals surface area contributed by atoms with Crippen molar-refractivity contribution in [2.75, 3.05) is 37.4 Å². The molecule has 1 N–H and O–H groups in total. The number of carbonyl (C=O) groups excluding carboxylic acids is 1. The molecule has 1 aromatic rings. The smallest absolute Gasteiger partial charge is 0.323 e. The average Bonchev–Trinajstić information content (AvgIpc) is 2.72. The number of hydrogen-bond donors (Lipinski definition) is 1. The zero-order valence-corrected chi connectivity index (χ0v) is 13.4. The second-order valence-corrected chi connectivity index (χ2v) is 6.28. The van der Waals surface area contributed by atoms with E-state index >= 15 is 0 Å². The third-order valence-electron chi connectivity index (χ3n) is 3.26. The molecule has 2 amide bonds. The van der Waals surface area contributed by atoms with Crippen LogP contribution in [0.3, 0.4) is 0 Å². The molecule has 20 heavy (non-hydrogen) atoms. The fourth-order valence-electron chi connectivity index (χ4n) is 2.13. The maximum Gasteiger partial charge on any atom is 0.323 e.